The monoisotopic (exact) mass is 1520 g/mol. The zero-order chi connectivity index (χ0) is 77.4. The summed E-state index contributed by atoms with van der Waals surface area (Å²) in [7, 11) is -10.0. The molecule has 0 spiro atoms. The number of hydrogen-bond acceptors (Lipinski definition) is 15. The summed E-state index contributed by atoms with van der Waals surface area (Å²) in [4.78, 5) is 72.9. The molecule has 0 bridgehead atoms. The van der Waals surface area contributed by atoms with E-state index in [1.807, 2.05) is 30.4 Å². The van der Waals surface area contributed by atoms with Gasteiger partial charge < -0.3 is 33.8 Å². The van der Waals surface area contributed by atoms with Crippen LogP contribution in [0, 0.1) is 0 Å². The highest BCUT2D eigenvalue weighted by Crippen LogP contribution is 2.45. The van der Waals surface area contributed by atoms with Gasteiger partial charge in [-0.3, -0.25) is 37.3 Å². The Kier molecular flexibility index (Phi) is 72.6. The van der Waals surface area contributed by atoms with Crippen molar-refractivity contribution in [3.8, 4) is 0 Å². The standard InChI is InChI=1S/C87H138O17P2/c1-5-9-13-17-21-25-29-33-37-39-40-42-46-48-52-56-60-64-68-72-85(90)98-78-83(104-87(92)74-70-66-62-58-54-50-44-36-32-28-24-20-16-12-8-4)80-102-106(95,96)100-76-81(88)75-99-105(93,94)101-79-82(103-86(91)73-69-65-61-57-53-49-43-35-31-27-23-19-15-11-7-3)77-97-84(89)71-67-63-59-55-51-47-45-41-38-34-30-26-22-18-14-10-6-2/h9-10,12-14,16,21-28,33-38,40,42-44,48,52,54,58,60,64,66,70,81-83,88H,5-8,11,15,17-20,29-32,39,41,45-47,49-51,53,55-57,59,61-63,65,67-69,71-80H2,1-4H3,(H,93,94)(H,95,96)/b13-9-,14-10-,16-12-,25-21-,26-22-,27-23-,28-24-,37-33-,38-34-,42-40-,43-35-,44-36-,52-48-,58-54-,64-60-,70-66-. The Bertz CT molecular complexity index is 2780. The molecule has 0 aliphatic carbocycles. The van der Waals surface area contributed by atoms with Gasteiger partial charge in [0.05, 0.1) is 32.8 Å². The molecule has 0 aliphatic rings. The van der Waals surface area contributed by atoms with E-state index in [0.29, 0.717) is 32.1 Å². The summed E-state index contributed by atoms with van der Waals surface area (Å²) in [5.74, 6) is -2.47. The lowest BCUT2D eigenvalue weighted by Gasteiger charge is -2.21. The quantitative estimate of drug-likeness (QED) is 0.0169. The van der Waals surface area contributed by atoms with Gasteiger partial charge in [-0.25, -0.2) is 9.13 Å². The lowest BCUT2D eigenvalue weighted by Crippen LogP contribution is -2.30. The van der Waals surface area contributed by atoms with Crippen LogP contribution < -0.4 is 0 Å². The first-order chi connectivity index (χ1) is 51.7. The summed E-state index contributed by atoms with van der Waals surface area (Å²) in [5.41, 5.74) is 0. The number of unbranched alkanes of at least 4 members (excludes halogenated alkanes) is 15. The molecular formula is C87H138O17P2. The van der Waals surface area contributed by atoms with Gasteiger partial charge in [0, 0.05) is 19.3 Å². The molecule has 19 heteroatoms. The Labute approximate surface area is 640 Å². The number of esters is 4. The third kappa shape index (κ3) is 76.1. The Balaban J connectivity index is 5.53. The van der Waals surface area contributed by atoms with Crippen LogP contribution in [0.2, 0.25) is 0 Å². The summed E-state index contributed by atoms with van der Waals surface area (Å²) >= 11 is 0. The predicted molar refractivity (Wildman–Crippen MR) is 436 cm³/mol. The van der Waals surface area contributed by atoms with Crippen LogP contribution in [0.5, 0.6) is 0 Å². The number of phosphoric acid groups is 2. The van der Waals surface area contributed by atoms with Crippen molar-refractivity contribution in [1.82, 2.24) is 0 Å². The minimum Gasteiger partial charge on any atom is -0.462 e. The van der Waals surface area contributed by atoms with Crippen molar-refractivity contribution in [2.45, 2.75) is 290 Å². The molecule has 5 atom stereocenters. The number of hydrogen-bond donors (Lipinski definition) is 3. The third-order valence-electron chi connectivity index (χ3n) is 15.6. The zero-order valence-electron chi connectivity index (χ0n) is 65.3. The average Bonchev–Trinajstić information content (AvgIpc) is 0.909. The van der Waals surface area contributed by atoms with Crippen molar-refractivity contribution in [3.05, 3.63) is 194 Å². The van der Waals surface area contributed by atoms with E-state index in [9.17, 15) is 43.2 Å². The molecule has 5 unspecified atom stereocenters. The molecule has 0 heterocycles. The van der Waals surface area contributed by atoms with E-state index in [-0.39, 0.29) is 25.7 Å². The van der Waals surface area contributed by atoms with E-state index in [1.54, 1.807) is 12.2 Å². The van der Waals surface area contributed by atoms with Crippen LogP contribution in [0.25, 0.3) is 0 Å². The molecule has 0 rings (SSSR count). The fourth-order valence-corrected chi connectivity index (χ4v) is 11.2. The highest BCUT2D eigenvalue weighted by molar-refractivity contribution is 7.47. The molecule has 0 aromatic heterocycles. The molecule has 0 saturated carbocycles. The van der Waals surface area contributed by atoms with Crippen LogP contribution >= 0.6 is 15.6 Å². The Morgan fingerprint density at radius 1 is 0.283 bits per heavy atom. The number of rotatable bonds is 72. The first kappa shape index (κ1) is 99.9. The van der Waals surface area contributed by atoms with E-state index in [1.165, 1.54) is 19.3 Å². The largest absolute Gasteiger partial charge is 0.472 e. The van der Waals surface area contributed by atoms with Gasteiger partial charge in [-0.15, -0.1) is 0 Å². The zero-order valence-corrected chi connectivity index (χ0v) is 67.1. The summed E-state index contributed by atoms with van der Waals surface area (Å²) in [6.45, 7) is 4.25. The molecule has 0 aromatic carbocycles. The number of ether oxygens (including phenoxy) is 4. The second kappa shape index (κ2) is 77.1. The second-order valence-electron chi connectivity index (χ2n) is 25.5. The van der Waals surface area contributed by atoms with Crippen molar-refractivity contribution in [2.75, 3.05) is 39.6 Å². The van der Waals surface area contributed by atoms with Crippen molar-refractivity contribution >= 4 is 39.5 Å². The molecular weight excluding hydrogens is 1380 g/mol. The number of carbonyl (C=O) groups is 4. The predicted octanol–water partition coefficient (Wildman–Crippen LogP) is 23.3. The fourth-order valence-electron chi connectivity index (χ4n) is 9.66. The fraction of sp³-hybridized carbons (Fsp3) is 0.586. The van der Waals surface area contributed by atoms with Gasteiger partial charge >= 0.3 is 39.5 Å². The minimum atomic E-state index is -5.03. The first-order valence-electron chi connectivity index (χ1n) is 39.7. The topological polar surface area (TPSA) is 237 Å². The normalized spacial score (nSPS) is 14.9. The summed E-state index contributed by atoms with van der Waals surface area (Å²) in [6, 6.07) is 0. The van der Waals surface area contributed by atoms with Crippen molar-refractivity contribution in [1.29, 1.82) is 0 Å². The Morgan fingerprint density at radius 3 is 0.896 bits per heavy atom. The van der Waals surface area contributed by atoms with Crippen LogP contribution in [-0.4, -0.2) is 96.7 Å². The van der Waals surface area contributed by atoms with Crippen molar-refractivity contribution in [2.24, 2.45) is 0 Å². The van der Waals surface area contributed by atoms with Crippen LogP contribution in [0.1, 0.15) is 272 Å². The highest BCUT2D eigenvalue weighted by atomic mass is 31.2. The maximum Gasteiger partial charge on any atom is 0.472 e. The highest BCUT2D eigenvalue weighted by Gasteiger charge is 2.30. The van der Waals surface area contributed by atoms with E-state index in [4.69, 9.17) is 37.0 Å². The molecule has 0 aliphatic heterocycles. The lowest BCUT2D eigenvalue weighted by atomic mass is 10.1. The van der Waals surface area contributed by atoms with Gasteiger partial charge in [-0.05, 0) is 154 Å². The van der Waals surface area contributed by atoms with Gasteiger partial charge in [0.1, 0.15) is 19.3 Å². The van der Waals surface area contributed by atoms with E-state index < -0.39 is 97.5 Å². The summed E-state index contributed by atoms with van der Waals surface area (Å²) in [5, 5.41) is 10.6. The number of carbonyl (C=O) groups excluding carboxylic acids is 4. The lowest BCUT2D eigenvalue weighted by molar-refractivity contribution is -0.161. The van der Waals surface area contributed by atoms with Crippen LogP contribution in [0.4, 0.5) is 0 Å². The molecule has 0 amide bonds. The molecule has 17 nitrogen and oxygen atoms in total. The van der Waals surface area contributed by atoms with Crippen LogP contribution in [0.3, 0.4) is 0 Å². The molecule has 106 heavy (non-hydrogen) atoms. The van der Waals surface area contributed by atoms with E-state index in [0.717, 1.165) is 167 Å². The minimum absolute atomic E-state index is 0.00861. The number of aliphatic hydroxyl groups excluding tert-OH is 1. The number of allylic oxidation sites excluding steroid dienone is 31. The first-order valence-corrected chi connectivity index (χ1v) is 42.7. The van der Waals surface area contributed by atoms with Gasteiger partial charge in [-0.2, -0.15) is 0 Å². The SMILES string of the molecule is CC/C=C\C/C=C\C/C=C\C/C=C\C/C=C\C/C=C\CCC(=O)OCC(COP(=O)(O)OCC(O)COP(=O)(O)OCC(COC(=O)CCCCCCCCC/C=C\C/C=C\C/C=C\CC)OC(=O)CCCCCCC/C=C\C/C=C\CCCCC)OC(=O)C/C=C\C/C=C\C/C=C\C/C=C\C/C=C\CC. The molecule has 598 valence electrons. The third-order valence-corrected chi connectivity index (χ3v) is 17.5. The van der Waals surface area contributed by atoms with E-state index >= 15 is 0 Å². The Morgan fingerprint density at radius 2 is 0.547 bits per heavy atom. The maximum atomic E-state index is 13.1. The second-order valence-corrected chi connectivity index (χ2v) is 28.4. The van der Waals surface area contributed by atoms with Crippen LogP contribution in [0.15, 0.2) is 194 Å². The van der Waals surface area contributed by atoms with Gasteiger partial charge in [0.2, 0.25) is 0 Å². The van der Waals surface area contributed by atoms with Crippen molar-refractivity contribution in [3.63, 3.8) is 0 Å². The smallest absolute Gasteiger partial charge is 0.462 e. The van der Waals surface area contributed by atoms with E-state index in [2.05, 4.69) is 180 Å². The number of phosphoric ester groups is 2. The summed E-state index contributed by atoms with van der Waals surface area (Å²) in [6.07, 6.45) is 94.6. The van der Waals surface area contributed by atoms with Crippen LogP contribution in [-0.2, 0) is 65.4 Å². The van der Waals surface area contributed by atoms with Gasteiger partial charge in [0.15, 0.2) is 12.2 Å². The molecule has 0 aromatic rings. The molecule has 0 fully saturated rings. The van der Waals surface area contributed by atoms with Crippen molar-refractivity contribution < 1.29 is 80.2 Å². The average molecular weight is 1520 g/mol. The van der Waals surface area contributed by atoms with Gasteiger partial charge in [-0.1, -0.05) is 286 Å². The van der Waals surface area contributed by atoms with Gasteiger partial charge in [0.25, 0.3) is 0 Å². The Hall–Kier alpha value is -6.10. The maximum absolute atomic E-state index is 13.1. The molecule has 0 saturated heterocycles. The molecule has 0 radical (unpaired) electrons. The molecule has 3 N–H and O–H groups in total. The number of aliphatic hydroxyl groups is 1. The summed E-state index contributed by atoms with van der Waals surface area (Å²) < 4.78 is 68.4.